The van der Waals surface area contributed by atoms with Crippen molar-refractivity contribution in [3.05, 3.63) is 52.1 Å². The predicted molar refractivity (Wildman–Crippen MR) is 101 cm³/mol. The van der Waals surface area contributed by atoms with Gasteiger partial charge in [0.15, 0.2) is 0 Å². The third-order valence-electron chi connectivity index (χ3n) is 5.05. The fourth-order valence-corrected chi connectivity index (χ4v) is 3.65. The van der Waals surface area contributed by atoms with Crippen molar-refractivity contribution in [1.82, 2.24) is 0 Å². The Hall–Kier alpha value is -3.13. The predicted octanol–water partition coefficient (Wildman–Crippen LogP) is 3.90. The number of hydrogen-bond acceptors (Lipinski definition) is 6. The van der Waals surface area contributed by atoms with Crippen molar-refractivity contribution in [2.24, 2.45) is 0 Å². The van der Waals surface area contributed by atoms with Crippen molar-refractivity contribution in [1.29, 1.82) is 0 Å². The highest BCUT2D eigenvalue weighted by Gasteiger charge is 2.57. The molecule has 1 fully saturated rings. The molecule has 8 heteroatoms. The average Bonchev–Trinajstić information content (AvgIpc) is 3.44. The molecule has 2 aromatic carbocycles. The molecule has 0 aliphatic carbocycles. The quantitative estimate of drug-likeness (QED) is 0.451. The number of anilines is 2. The lowest BCUT2D eigenvalue weighted by atomic mass is 9.93. The highest BCUT2D eigenvalue weighted by molar-refractivity contribution is 6.01. The Morgan fingerprint density at radius 1 is 1.25 bits per heavy atom. The van der Waals surface area contributed by atoms with E-state index in [1.807, 2.05) is 13.8 Å². The van der Waals surface area contributed by atoms with Crippen LogP contribution in [0.2, 0.25) is 0 Å². The minimum absolute atomic E-state index is 0.110. The molecule has 0 radical (unpaired) electrons. The van der Waals surface area contributed by atoms with Crippen molar-refractivity contribution in [2.75, 3.05) is 12.0 Å². The Labute approximate surface area is 161 Å². The summed E-state index contributed by atoms with van der Waals surface area (Å²) in [6.45, 7) is 5.14. The summed E-state index contributed by atoms with van der Waals surface area (Å²) in [4.78, 5) is 25.0. The minimum Gasteiger partial charge on any atom is -0.497 e. The number of methoxy groups -OCH3 is 1. The van der Waals surface area contributed by atoms with E-state index in [0.29, 0.717) is 22.7 Å². The normalized spacial score (nSPS) is 21.0. The van der Waals surface area contributed by atoms with Gasteiger partial charge in [-0.2, -0.15) is 0 Å². The number of rotatable bonds is 4. The smallest absolute Gasteiger partial charge is 0.297 e. The van der Waals surface area contributed by atoms with Crippen LogP contribution in [0, 0.1) is 10.1 Å². The van der Waals surface area contributed by atoms with Crippen molar-refractivity contribution in [3.63, 3.8) is 0 Å². The number of carbonyl (C=O) groups excluding carboxylic acids is 1. The van der Waals surface area contributed by atoms with Crippen LogP contribution >= 0.6 is 0 Å². The number of nitrogens with zero attached hydrogens (tertiary/aromatic N) is 2. The van der Waals surface area contributed by atoms with Gasteiger partial charge in [-0.3, -0.25) is 19.8 Å². The van der Waals surface area contributed by atoms with E-state index in [0.717, 1.165) is 0 Å². The lowest BCUT2D eigenvalue weighted by Crippen LogP contribution is -2.38. The van der Waals surface area contributed by atoms with Gasteiger partial charge in [0, 0.05) is 18.2 Å². The van der Waals surface area contributed by atoms with Crippen molar-refractivity contribution in [2.45, 2.75) is 38.6 Å². The molecule has 2 aliphatic rings. The number of nitro benzene ring substituents is 1. The summed E-state index contributed by atoms with van der Waals surface area (Å²) in [6.07, 6.45) is -0.302. The maximum Gasteiger partial charge on any atom is 0.297 e. The van der Waals surface area contributed by atoms with Gasteiger partial charge >= 0.3 is 0 Å². The van der Waals surface area contributed by atoms with Crippen LogP contribution in [-0.4, -0.2) is 29.6 Å². The van der Waals surface area contributed by atoms with Crippen LogP contribution in [-0.2, 0) is 9.53 Å². The van der Waals surface area contributed by atoms with Crippen molar-refractivity contribution < 1.29 is 23.9 Å². The zero-order valence-electron chi connectivity index (χ0n) is 16.0. The molecular weight excluding hydrogens is 364 g/mol. The minimum atomic E-state index is -0.566. The van der Waals surface area contributed by atoms with E-state index in [2.05, 4.69) is 0 Å². The molecule has 2 unspecified atom stereocenters. The topological polar surface area (TPSA) is 94.4 Å². The molecule has 8 nitrogen and oxygen atoms in total. The second kappa shape index (κ2) is 6.20. The van der Waals surface area contributed by atoms with Crippen LogP contribution in [0.4, 0.5) is 17.1 Å². The number of amides is 1. The van der Waals surface area contributed by atoms with Crippen LogP contribution in [0.3, 0.4) is 0 Å². The van der Waals surface area contributed by atoms with Crippen LogP contribution < -0.4 is 14.4 Å². The second-order valence-electron chi connectivity index (χ2n) is 7.37. The highest BCUT2D eigenvalue weighted by Crippen LogP contribution is 2.56. The summed E-state index contributed by atoms with van der Waals surface area (Å²) in [5.74, 6) is 0.688. The molecule has 28 heavy (non-hydrogen) atoms. The van der Waals surface area contributed by atoms with Crippen molar-refractivity contribution in [3.8, 4) is 11.5 Å². The molecule has 0 spiro atoms. The summed E-state index contributed by atoms with van der Waals surface area (Å²) in [5, 5.41) is 11.8. The highest BCUT2D eigenvalue weighted by atomic mass is 16.6. The van der Waals surface area contributed by atoms with E-state index in [1.165, 1.54) is 17.9 Å². The van der Waals surface area contributed by atoms with Gasteiger partial charge in [0.2, 0.25) is 5.91 Å². The van der Waals surface area contributed by atoms with E-state index >= 15 is 0 Å². The molecule has 0 saturated carbocycles. The van der Waals surface area contributed by atoms with Crippen LogP contribution in [0.5, 0.6) is 11.5 Å². The summed E-state index contributed by atoms with van der Waals surface area (Å²) in [6, 6.07) is 9.75. The van der Waals surface area contributed by atoms with Gasteiger partial charge in [-0.25, -0.2) is 0 Å². The Kier molecular flexibility index (Phi) is 4.04. The number of benzene rings is 2. The van der Waals surface area contributed by atoms with Gasteiger partial charge in [-0.15, -0.1) is 0 Å². The molecule has 2 aliphatic heterocycles. The van der Waals surface area contributed by atoms with Gasteiger partial charge < -0.3 is 14.2 Å². The number of nitro groups is 1. The third-order valence-corrected chi connectivity index (χ3v) is 5.05. The monoisotopic (exact) mass is 384 g/mol. The molecule has 0 bridgehead atoms. The van der Waals surface area contributed by atoms with E-state index in [4.69, 9.17) is 14.2 Å². The Bertz CT molecular complexity index is 969. The number of hydrogen-bond donors (Lipinski definition) is 0. The first-order valence-electron chi connectivity index (χ1n) is 8.84. The standard InChI is InChI=1S/C20H20N2O6/c1-11(23)21(12-5-7-13(26-4)8-6-12)15-9-14-17(10-16(15)22(24)25)28-20(2,3)19-18(14)27-19/h5-10,18-19H,1-4H3. The third kappa shape index (κ3) is 2.86. The van der Waals surface area contributed by atoms with Gasteiger partial charge in [0.1, 0.15) is 35.0 Å². The van der Waals surface area contributed by atoms with Gasteiger partial charge in [-0.05, 0) is 44.2 Å². The van der Waals surface area contributed by atoms with Crippen LogP contribution in [0.15, 0.2) is 36.4 Å². The van der Waals surface area contributed by atoms with E-state index in [9.17, 15) is 14.9 Å². The molecular formula is C20H20N2O6. The Morgan fingerprint density at radius 2 is 1.93 bits per heavy atom. The Morgan fingerprint density at radius 3 is 2.50 bits per heavy atom. The lowest BCUT2D eigenvalue weighted by molar-refractivity contribution is -0.384. The Balaban J connectivity index is 1.86. The summed E-state index contributed by atoms with van der Waals surface area (Å²) < 4.78 is 16.8. The molecule has 1 saturated heterocycles. The molecule has 146 valence electrons. The van der Waals surface area contributed by atoms with Crippen LogP contribution in [0.25, 0.3) is 0 Å². The van der Waals surface area contributed by atoms with E-state index in [1.54, 1.807) is 37.4 Å². The fraction of sp³-hybridized carbons (Fsp3) is 0.350. The van der Waals surface area contributed by atoms with Gasteiger partial charge in [0.25, 0.3) is 5.69 Å². The van der Waals surface area contributed by atoms with Gasteiger partial charge in [-0.1, -0.05) is 0 Å². The van der Waals surface area contributed by atoms with E-state index < -0.39 is 10.5 Å². The summed E-state index contributed by atoms with van der Waals surface area (Å²) in [5.41, 5.74) is 0.619. The molecule has 4 rings (SSSR count). The fourth-order valence-electron chi connectivity index (χ4n) is 3.65. The molecule has 2 atom stereocenters. The number of carbonyl (C=O) groups is 1. The number of epoxide rings is 1. The zero-order chi connectivity index (χ0) is 20.2. The largest absolute Gasteiger partial charge is 0.497 e. The first-order chi connectivity index (χ1) is 13.2. The SMILES string of the molecule is COc1ccc(N(C(C)=O)c2cc3c(cc2[N+](=O)[O-])OC(C)(C)C2OC32)cc1. The van der Waals surface area contributed by atoms with Crippen molar-refractivity contribution >= 4 is 23.0 Å². The summed E-state index contributed by atoms with van der Waals surface area (Å²) >= 11 is 0. The lowest BCUT2D eigenvalue weighted by Gasteiger charge is -2.30. The number of fused-ring (bicyclic) bond motifs is 3. The second-order valence-corrected chi connectivity index (χ2v) is 7.37. The molecule has 0 aromatic heterocycles. The maximum absolute atomic E-state index is 12.4. The molecule has 1 amide bonds. The molecule has 2 heterocycles. The molecule has 0 N–H and O–H groups in total. The zero-order valence-corrected chi connectivity index (χ0v) is 16.0. The number of ether oxygens (including phenoxy) is 3. The first-order valence-corrected chi connectivity index (χ1v) is 8.84. The van der Waals surface area contributed by atoms with E-state index in [-0.39, 0.29) is 29.5 Å². The maximum atomic E-state index is 12.4. The van der Waals surface area contributed by atoms with Gasteiger partial charge in [0.05, 0.1) is 18.1 Å². The average molecular weight is 384 g/mol. The van der Waals surface area contributed by atoms with Crippen LogP contribution in [0.1, 0.15) is 32.4 Å². The molecule has 2 aromatic rings. The summed E-state index contributed by atoms with van der Waals surface area (Å²) in [7, 11) is 1.54. The first kappa shape index (κ1) is 18.2.